The lowest BCUT2D eigenvalue weighted by molar-refractivity contribution is 0.103. The van der Waals surface area contributed by atoms with E-state index >= 15 is 0 Å². The smallest absolute Gasteiger partial charge is 0.267 e. The van der Waals surface area contributed by atoms with Crippen LogP contribution in [0.25, 0.3) is 30.9 Å². The molecule has 0 saturated heterocycles. The normalized spacial score (nSPS) is 11.2. The lowest BCUT2D eigenvalue weighted by Gasteiger charge is -2.08. The molecule has 0 saturated carbocycles. The number of nitrogens with one attached hydrogen (secondary N) is 1. The van der Waals surface area contributed by atoms with Gasteiger partial charge in [-0.15, -0.1) is 22.7 Å². The fourth-order valence-corrected chi connectivity index (χ4v) is 5.82. The number of para-hydroxylation sites is 2. The molecule has 2 heterocycles. The maximum atomic E-state index is 13.0. The summed E-state index contributed by atoms with van der Waals surface area (Å²) >= 11 is 15.5. The lowest BCUT2D eigenvalue weighted by Crippen LogP contribution is -2.11. The second-order valence-electron chi connectivity index (χ2n) is 6.37. The van der Waals surface area contributed by atoms with Gasteiger partial charge in [-0.05, 0) is 36.4 Å². The molecule has 0 radical (unpaired) electrons. The number of anilines is 1. The minimum absolute atomic E-state index is 0.249. The molecule has 0 fully saturated rings. The van der Waals surface area contributed by atoms with Crippen molar-refractivity contribution >= 4 is 77.8 Å². The molecule has 5 rings (SSSR count). The number of benzene rings is 3. The molecule has 1 N–H and O–H groups in total. The minimum atomic E-state index is -0.249. The highest BCUT2D eigenvalue weighted by atomic mass is 35.5. The first-order chi connectivity index (χ1) is 14.1. The van der Waals surface area contributed by atoms with Crippen molar-refractivity contribution in [1.29, 1.82) is 0 Å². The number of thiophene rings is 1. The third kappa shape index (κ3) is 3.40. The van der Waals surface area contributed by atoms with Gasteiger partial charge in [0.05, 0.1) is 20.9 Å². The Balaban J connectivity index is 1.53. The van der Waals surface area contributed by atoms with Crippen molar-refractivity contribution in [2.75, 3.05) is 5.32 Å². The molecule has 1 amide bonds. The van der Waals surface area contributed by atoms with Crippen molar-refractivity contribution in [2.45, 2.75) is 0 Å². The number of thiazole rings is 1. The van der Waals surface area contributed by atoms with E-state index in [0.29, 0.717) is 20.6 Å². The molecule has 0 unspecified atom stereocenters. The third-order valence-corrected chi connectivity index (χ3v) is 7.46. The molecule has 142 valence electrons. The molecular formula is C22H12Cl2N2OS2. The number of hydrogen-bond donors (Lipinski definition) is 1. The van der Waals surface area contributed by atoms with Gasteiger partial charge in [0.15, 0.2) is 0 Å². The highest BCUT2D eigenvalue weighted by Crippen LogP contribution is 2.38. The third-order valence-electron chi connectivity index (χ3n) is 4.50. The van der Waals surface area contributed by atoms with E-state index in [2.05, 4.69) is 5.32 Å². The summed E-state index contributed by atoms with van der Waals surface area (Å²) < 4.78 is 1.99. The van der Waals surface area contributed by atoms with E-state index in [9.17, 15) is 4.79 Å². The Morgan fingerprint density at radius 3 is 2.55 bits per heavy atom. The van der Waals surface area contributed by atoms with Gasteiger partial charge in [-0.1, -0.05) is 53.5 Å². The Labute approximate surface area is 184 Å². The van der Waals surface area contributed by atoms with Gasteiger partial charge >= 0.3 is 0 Å². The van der Waals surface area contributed by atoms with Crippen LogP contribution in [0.4, 0.5) is 5.69 Å². The van der Waals surface area contributed by atoms with Crippen LogP contribution >= 0.6 is 45.9 Å². The van der Waals surface area contributed by atoms with E-state index in [-0.39, 0.29) is 5.91 Å². The molecule has 5 aromatic rings. The average molecular weight is 455 g/mol. The van der Waals surface area contributed by atoms with Gasteiger partial charge < -0.3 is 5.32 Å². The number of amides is 1. The Hall–Kier alpha value is -2.44. The van der Waals surface area contributed by atoms with E-state index in [1.807, 2.05) is 60.7 Å². The fourth-order valence-electron chi connectivity index (χ4n) is 3.13. The van der Waals surface area contributed by atoms with Crippen molar-refractivity contribution in [2.24, 2.45) is 0 Å². The van der Waals surface area contributed by atoms with Crippen molar-refractivity contribution in [1.82, 2.24) is 4.98 Å². The van der Waals surface area contributed by atoms with Crippen LogP contribution in [0.1, 0.15) is 9.67 Å². The maximum absolute atomic E-state index is 13.0. The SMILES string of the molecule is O=C(Nc1ccccc1-c1nc2ccccc2s1)c1sc2cc(Cl)ccc2c1Cl. The number of nitrogens with zero attached hydrogens (tertiary/aromatic N) is 1. The van der Waals surface area contributed by atoms with E-state index in [1.54, 1.807) is 17.4 Å². The van der Waals surface area contributed by atoms with Crippen molar-refractivity contribution < 1.29 is 4.79 Å². The Morgan fingerprint density at radius 2 is 1.69 bits per heavy atom. The standard InChI is InChI=1S/C22H12Cl2N2OS2/c23-12-9-10-14-18(11-12)28-20(19(14)24)21(27)25-15-6-2-1-5-13(15)22-26-16-7-3-4-8-17(16)29-22/h1-11H,(H,25,27). The molecule has 7 heteroatoms. The van der Waals surface area contributed by atoms with Gasteiger partial charge in [0, 0.05) is 20.7 Å². The summed E-state index contributed by atoms with van der Waals surface area (Å²) in [5, 5.41) is 5.74. The Morgan fingerprint density at radius 1 is 0.897 bits per heavy atom. The first-order valence-corrected chi connectivity index (χ1v) is 11.1. The highest BCUT2D eigenvalue weighted by molar-refractivity contribution is 7.22. The van der Waals surface area contributed by atoms with Crippen LogP contribution in [-0.2, 0) is 0 Å². The molecule has 2 aromatic heterocycles. The quantitative estimate of drug-likeness (QED) is 0.302. The van der Waals surface area contributed by atoms with E-state index in [0.717, 1.165) is 30.9 Å². The molecule has 0 spiro atoms. The van der Waals surface area contributed by atoms with Crippen molar-refractivity contribution in [3.8, 4) is 10.6 Å². The van der Waals surface area contributed by atoms with Crippen molar-refractivity contribution in [3.63, 3.8) is 0 Å². The molecular weight excluding hydrogens is 443 g/mol. The number of hydrogen-bond acceptors (Lipinski definition) is 4. The molecule has 3 nitrogen and oxygen atoms in total. The van der Waals surface area contributed by atoms with Gasteiger partial charge in [0.1, 0.15) is 9.88 Å². The largest absolute Gasteiger partial charge is 0.321 e. The van der Waals surface area contributed by atoms with Crippen molar-refractivity contribution in [3.05, 3.63) is 81.7 Å². The fraction of sp³-hybridized carbons (Fsp3) is 0. The number of halogens is 2. The van der Waals surface area contributed by atoms with Gasteiger partial charge in [0.2, 0.25) is 0 Å². The topological polar surface area (TPSA) is 42.0 Å². The summed E-state index contributed by atoms with van der Waals surface area (Å²) in [6, 6.07) is 21.1. The first kappa shape index (κ1) is 18.6. The zero-order chi connectivity index (χ0) is 20.0. The highest BCUT2D eigenvalue weighted by Gasteiger charge is 2.19. The summed E-state index contributed by atoms with van der Waals surface area (Å²) in [5.41, 5.74) is 2.52. The van der Waals surface area contributed by atoms with E-state index < -0.39 is 0 Å². The van der Waals surface area contributed by atoms with E-state index in [4.69, 9.17) is 28.2 Å². The van der Waals surface area contributed by atoms with Crippen LogP contribution in [0.5, 0.6) is 0 Å². The number of carbonyl (C=O) groups is 1. The molecule has 3 aromatic carbocycles. The number of aromatic nitrogens is 1. The predicted molar refractivity (Wildman–Crippen MR) is 125 cm³/mol. The Bertz CT molecular complexity index is 1360. The Kier molecular flexibility index (Phi) is 4.76. The van der Waals surface area contributed by atoms with Crippen LogP contribution in [-0.4, -0.2) is 10.9 Å². The van der Waals surface area contributed by atoms with Crippen LogP contribution in [0.3, 0.4) is 0 Å². The maximum Gasteiger partial charge on any atom is 0.267 e. The summed E-state index contributed by atoms with van der Waals surface area (Å²) in [7, 11) is 0. The number of rotatable bonds is 3. The summed E-state index contributed by atoms with van der Waals surface area (Å²) in [4.78, 5) is 18.2. The molecule has 29 heavy (non-hydrogen) atoms. The lowest BCUT2D eigenvalue weighted by atomic mass is 10.2. The molecule has 0 aliphatic carbocycles. The molecule has 0 aliphatic heterocycles. The summed E-state index contributed by atoms with van der Waals surface area (Å²) in [6.07, 6.45) is 0. The first-order valence-electron chi connectivity index (χ1n) is 8.74. The van der Waals surface area contributed by atoms with Crippen LogP contribution in [0.15, 0.2) is 66.7 Å². The summed E-state index contributed by atoms with van der Waals surface area (Å²) in [6.45, 7) is 0. The second kappa shape index (κ2) is 7.43. The zero-order valence-corrected chi connectivity index (χ0v) is 17.9. The van der Waals surface area contributed by atoms with Crippen LogP contribution < -0.4 is 5.32 Å². The monoisotopic (exact) mass is 454 g/mol. The zero-order valence-electron chi connectivity index (χ0n) is 14.8. The summed E-state index contributed by atoms with van der Waals surface area (Å²) in [5.74, 6) is -0.249. The van der Waals surface area contributed by atoms with Gasteiger partial charge in [-0.3, -0.25) is 4.79 Å². The van der Waals surface area contributed by atoms with Gasteiger partial charge in [-0.2, -0.15) is 0 Å². The van der Waals surface area contributed by atoms with Crippen LogP contribution in [0.2, 0.25) is 10.0 Å². The van der Waals surface area contributed by atoms with Gasteiger partial charge in [0.25, 0.3) is 5.91 Å². The van der Waals surface area contributed by atoms with Gasteiger partial charge in [-0.25, -0.2) is 4.98 Å². The molecule has 0 atom stereocenters. The molecule has 0 aliphatic rings. The second-order valence-corrected chi connectivity index (χ2v) is 9.27. The average Bonchev–Trinajstić information content (AvgIpc) is 3.29. The number of carbonyl (C=O) groups excluding carboxylic acids is 1. The molecule has 0 bridgehead atoms. The minimum Gasteiger partial charge on any atom is -0.321 e. The van der Waals surface area contributed by atoms with E-state index in [1.165, 1.54) is 11.3 Å². The predicted octanol–water partition coefficient (Wildman–Crippen LogP) is 7.74. The van der Waals surface area contributed by atoms with Crippen LogP contribution in [0, 0.1) is 0 Å². The number of fused-ring (bicyclic) bond motifs is 2.